The van der Waals surface area contributed by atoms with Crippen LogP contribution in [0, 0.1) is 3.57 Å². The van der Waals surface area contributed by atoms with E-state index < -0.39 is 23.1 Å². The molecule has 0 spiro atoms. The van der Waals surface area contributed by atoms with E-state index in [1.807, 2.05) is 0 Å². The lowest BCUT2D eigenvalue weighted by Crippen LogP contribution is -2.11. The first kappa shape index (κ1) is 13.1. The number of halogens is 4. The van der Waals surface area contributed by atoms with Crippen molar-refractivity contribution in [2.45, 2.75) is 13.1 Å². The average Bonchev–Trinajstić information content (AvgIpc) is 2.14. The minimum atomic E-state index is -4.63. The summed E-state index contributed by atoms with van der Waals surface area (Å²) in [7, 11) is 0. The van der Waals surface area contributed by atoms with E-state index in [0.29, 0.717) is 9.64 Å². The van der Waals surface area contributed by atoms with Crippen LogP contribution in [-0.4, -0.2) is 12.1 Å². The number of carbonyl (C=O) groups excluding carboxylic acids is 2. The highest BCUT2D eigenvalue weighted by molar-refractivity contribution is 14.1. The highest BCUT2D eigenvalue weighted by Gasteiger charge is 2.34. The van der Waals surface area contributed by atoms with Gasteiger partial charge in [-0.3, -0.25) is 9.59 Å². The molecule has 0 aliphatic rings. The van der Waals surface area contributed by atoms with Crippen LogP contribution >= 0.6 is 22.6 Å². The third kappa shape index (κ3) is 2.60. The Morgan fingerprint density at radius 3 is 2.31 bits per heavy atom. The molecule has 0 saturated heterocycles. The van der Waals surface area contributed by atoms with E-state index in [0.717, 1.165) is 6.07 Å². The van der Waals surface area contributed by atoms with Crippen molar-refractivity contribution in [3.63, 3.8) is 0 Å². The molecule has 0 aliphatic carbocycles. The van der Waals surface area contributed by atoms with Gasteiger partial charge in [0.25, 0.3) is 0 Å². The fourth-order valence-electron chi connectivity index (χ4n) is 1.20. The van der Waals surface area contributed by atoms with Crippen LogP contribution in [0.4, 0.5) is 13.2 Å². The molecule has 0 bridgehead atoms. The van der Waals surface area contributed by atoms with Crippen LogP contribution in [-0.2, 0) is 6.18 Å². The zero-order chi connectivity index (χ0) is 12.5. The van der Waals surface area contributed by atoms with Gasteiger partial charge in [0.15, 0.2) is 12.1 Å². The van der Waals surface area contributed by atoms with E-state index in [9.17, 15) is 22.8 Å². The van der Waals surface area contributed by atoms with E-state index >= 15 is 0 Å². The number of hydrogen-bond donors (Lipinski definition) is 0. The normalized spacial score (nSPS) is 11.3. The van der Waals surface area contributed by atoms with Crippen LogP contribution in [0.2, 0.25) is 0 Å². The number of ketones is 1. The zero-order valence-corrected chi connectivity index (χ0v) is 10.2. The molecule has 0 radical (unpaired) electrons. The van der Waals surface area contributed by atoms with Crippen molar-refractivity contribution >= 4 is 34.7 Å². The predicted octanol–water partition coefficient (Wildman–Crippen LogP) is 3.33. The fraction of sp³-hybridized carbons (Fsp3) is 0.200. The number of carbonyl (C=O) groups is 2. The maximum atomic E-state index is 12.5. The van der Waals surface area contributed by atoms with Gasteiger partial charge in [0.05, 0.1) is 5.56 Å². The Balaban J connectivity index is 3.53. The van der Waals surface area contributed by atoms with Gasteiger partial charge >= 0.3 is 6.18 Å². The van der Waals surface area contributed by atoms with Crippen molar-refractivity contribution in [2.24, 2.45) is 0 Å². The van der Waals surface area contributed by atoms with Gasteiger partial charge in [-0.05, 0) is 41.6 Å². The van der Waals surface area contributed by atoms with E-state index in [1.54, 1.807) is 22.6 Å². The summed E-state index contributed by atoms with van der Waals surface area (Å²) in [6, 6.07) is 1.78. The molecule has 0 saturated carbocycles. The van der Waals surface area contributed by atoms with E-state index in [-0.39, 0.29) is 11.8 Å². The summed E-state index contributed by atoms with van der Waals surface area (Å²) in [6.45, 7) is 1.18. The molecule has 0 amide bonds. The molecule has 0 aromatic heterocycles. The molecule has 0 fully saturated rings. The molecule has 0 unspecified atom stereocenters. The van der Waals surface area contributed by atoms with Crippen molar-refractivity contribution in [1.29, 1.82) is 0 Å². The van der Waals surface area contributed by atoms with Gasteiger partial charge in [0, 0.05) is 14.7 Å². The van der Waals surface area contributed by atoms with Crippen LogP contribution in [0.1, 0.15) is 33.2 Å². The van der Waals surface area contributed by atoms with Gasteiger partial charge < -0.3 is 0 Å². The molecule has 16 heavy (non-hydrogen) atoms. The van der Waals surface area contributed by atoms with Gasteiger partial charge in [-0.2, -0.15) is 13.2 Å². The molecule has 2 nitrogen and oxygen atoms in total. The van der Waals surface area contributed by atoms with Crippen molar-refractivity contribution in [1.82, 2.24) is 0 Å². The second-order valence-electron chi connectivity index (χ2n) is 3.09. The Morgan fingerprint density at radius 2 is 1.94 bits per heavy atom. The summed E-state index contributed by atoms with van der Waals surface area (Å²) in [4.78, 5) is 21.6. The van der Waals surface area contributed by atoms with Gasteiger partial charge in [-0.15, -0.1) is 0 Å². The molecule has 0 atom stereocenters. The average molecular weight is 342 g/mol. The smallest absolute Gasteiger partial charge is 0.298 e. The Bertz CT molecular complexity index is 452. The monoisotopic (exact) mass is 342 g/mol. The number of aldehydes is 1. The Labute approximate surface area is 103 Å². The zero-order valence-electron chi connectivity index (χ0n) is 8.06. The Kier molecular flexibility index (Phi) is 3.72. The minimum absolute atomic E-state index is 0.0291. The molecule has 1 rings (SSSR count). The SMILES string of the molecule is CC(=O)c1cc(C(F)(F)F)c(C=O)cc1I. The topological polar surface area (TPSA) is 34.1 Å². The molecular formula is C10H6F3IO2. The highest BCUT2D eigenvalue weighted by atomic mass is 127. The van der Waals surface area contributed by atoms with Gasteiger partial charge in [-0.25, -0.2) is 0 Å². The van der Waals surface area contributed by atoms with Crippen LogP contribution in [0.5, 0.6) is 0 Å². The Morgan fingerprint density at radius 1 is 1.38 bits per heavy atom. The standard InChI is InChI=1S/C10H6F3IO2/c1-5(16)7-3-8(10(11,12)13)6(4-15)2-9(7)14/h2-4H,1H3. The van der Waals surface area contributed by atoms with Crippen LogP contribution in [0.15, 0.2) is 12.1 Å². The maximum absolute atomic E-state index is 12.5. The fourth-order valence-corrected chi connectivity index (χ4v) is 2.07. The predicted molar refractivity (Wildman–Crippen MR) is 59.6 cm³/mol. The van der Waals surface area contributed by atoms with Crippen molar-refractivity contribution < 1.29 is 22.8 Å². The molecule has 6 heteroatoms. The first-order chi connectivity index (χ1) is 7.27. The summed E-state index contributed by atoms with van der Waals surface area (Å²) < 4.78 is 37.9. The third-order valence-corrected chi connectivity index (χ3v) is 2.84. The van der Waals surface area contributed by atoms with Crippen molar-refractivity contribution in [3.05, 3.63) is 32.4 Å². The second-order valence-corrected chi connectivity index (χ2v) is 4.25. The highest BCUT2D eigenvalue weighted by Crippen LogP contribution is 2.33. The number of Topliss-reactive ketones (excluding diaryl/α,β-unsaturated/α-hetero) is 1. The van der Waals surface area contributed by atoms with E-state index in [4.69, 9.17) is 0 Å². The summed E-state index contributed by atoms with van der Waals surface area (Å²) in [6.07, 6.45) is -4.50. The van der Waals surface area contributed by atoms with Crippen LogP contribution < -0.4 is 0 Å². The van der Waals surface area contributed by atoms with Crippen LogP contribution in [0.25, 0.3) is 0 Å². The maximum Gasteiger partial charge on any atom is 0.417 e. The van der Waals surface area contributed by atoms with Gasteiger partial charge in [0.2, 0.25) is 0 Å². The van der Waals surface area contributed by atoms with Crippen LogP contribution in [0.3, 0.4) is 0 Å². The third-order valence-electron chi connectivity index (χ3n) is 1.95. The minimum Gasteiger partial charge on any atom is -0.298 e. The summed E-state index contributed by atoms with van der Waals surface area (Å²) >= 11 is 1.72. The molecule has 0 N–H and O–H groups in total. The summed E-state index contributed by atoms with van der Waals surface area (Å²) in [5.41, 5.74) is -1.56. The van der Waals surface area contributed by atoms with Gasteiger partial charge in [-0.1, -0.05) is 0 Å². The lowest BCUT2D eigenvalue weighted by Gasteiger charge is -2.11. The molecule has 0 heterocycles. The number of benzene rings is 1. The number of hydrogen-bond acceptors (Lipinski definition) is 2. The second kappa shape index (κ2) is 4.52. The molecule has 86 valence electrons. The Hall–Kier alpha value is -0.920. The van der Waals surface area contributed by atoms with Crippen molar-refractivity contribution in [2.75, 3.05) is 0 Å². The quantitative estimate of drug-likeness (QED) is 0.469. The van der Waals surface area contributed by atoms with Crippen molar-refractivity contribution in [3.8, 4) is 0 Å². The molecular weight excluding hydrogens is 336 g/mol. The first-order valence-electron chi connectivity index (χ1n) is 4.14. The number of alkyl halides is 3. The molecule has 1 aromatic rings. The largest absolute Gasteiger partial charge is 0.417 e. The van der Waals surface area contributed by atoms with E-state index in [1.165, 1.54) is 6.92 Å². The van der Waals surface area contributed by atoms with E-state index in [2.05, 4.69) is 0 Å². The number of rotatable bonds is 2. The van der Waals surface area contributed by atoms with Gasteiger partial charge in [0.1, 0.15) is 0 Å². The lowest BCUT2D eigenvalue weighted by atomic mass is 10.0. The summed E-state index contributed by atoms with van der Waals surface area (Å²) in [5, 5.41) is 0. The first-order valence-corrected chi connectivity index (χ1v) is 5.22. The molecule has 0 aliphatic heterocycles. The molecule has 1 aromatic carbocycles. The lowest BCUT2D eigenvalue weighted by molar-refractivity contribution is -0.137. The summed E-state index contributed by atoms with van der Waals surface area (Å²) in [5.74, 6) is -0.465.